The summed E-state index contributed by atoms with van der Waals surface area (Å²) in [6, 6.07) is 20.3. The Morgan fingerprint density at radius 2 is 1.66 bits per heavy atom. The number of hydrogen-bond donors (Lipinski definition) is 0. The number of nitriles is 1. The first-order chi connectivity index (χ1) is 22.2. The first-order valence-electron chi connectivity index (χ1n) is 14.6. The molecule has 0 spiro atoms. The Kier molecular flexibility index (Phi) is 8.81. The zero-order valence-electron chi connectivity index (χ0n) is 26.0. The quantitative estimate of drug-likeness (QED) is 0.148. The van der Waals surface area contributed by atoms with Crippen molar-refractivity contribution < 1.29 is 36.7 Å². The molecule has 1 unspecified atom stereocenters. The number of anilines is 1. The second-order valence-corrected chi connectivity index (χ2v) is 11.9. The van der Waals surface area contributed by atoms with Crippen LogP contribution in [0.25, 0.3) is 0 Å². The van der Waals surface area contributed by atoms with Gasteiger partial charge in [-0.3, -0.25) is 9.69 Å². The molecule has 240 valence electrons. The molecular formula is C36H30F3N3O5. The predicted molar refractivity (Wildman–Crippen MR) is 166 cm³/mol. The average Bonchev–Trinajstić information content (AvgIpc) is 3.57. The van der Waals surface area contributed by atoms with Crippen LogP contribution in [0, 0.1) is 11.3 Å². The van der Waals surface area contributed by atoms with Crippen LogP contribution in [-0.2, 0) is 17.5 Å². The van der Waals surface area contributed by atoms with Gasteiger partial charge < -0.3 is 14.1 Å². The number of Topliss-reactive ketones (excluding diaryl/α,β-unsaturated/α-hetero) is 1. The van der Waals surface area contributed by atoms with Gasteiger partial charge in [0.2, 0.25) is 5.78 Å². The molecule has 0 aliphatic carbocycles. The molecule has 8 nitrogen and oxygen atoms in total. The zero-order chi connectivity index (χ0) is 34.1. The van der Waals surface area contributed by atoms with Gasteiger partial charge in [0.15, 0.2) is 5.76 Å². The van der Waals surface area contributed by atoms with Gasteiger partial charge in [-0.25, -0.2) is 9.59 Å². The summed E-state index contributed by atoms with van der Waals surface area (Å²) in [4.78, 5) is 44.0. The number of halogens is 3. The number of allylic oxidation sites excluding steroid dienone is 1. The van der Waals surface area contributed by atoms with Crippen LogP contribution >= 0.6 is 0 Å². The molecule has 0 radical (unpaired) electrons. The van der Waals surface area contributed by atoms with Gasteiger partial charge in [-0.2, -0.15) is 18.4 Å². The van der Waals surface area contributed by atoms with Gasteiger partial charge in [0.1, 0.15) is 5.60 Å². The van der Waals surface area contributed by atoms with Crippen molar-refractivity contribution in [1.29, 1.82) is 5.26 Å². The normalized spacial score (nSPS) is 15.4. The maximum absolute atomic E-state index is 14.5. The number of carbonyl (C=O) groups excluding carboxylic acids is 3. The van der Waals surface area contributed by atoms with Crippen molar-refractivity contribution >= 4 is 23.5 Å². The summed E-state index contributed by atoms with van der Waals surface area (Å²) in [5.74, 6) is -1.20. The number of nitrogens with zero attached hydrogens (tertiary/aromatic N) is 3. The summed E-state index contributed by atoms with van der Waals surface area (Å²) >= 11 is 0. The number of urea groups is 1. The monoisotopic (exact) mass is 641 g/mol. The molecule has 0 N–H and O–H groups in total. The minimum absolute atomic E-state index is 0.0387. The molecule has 11 heteroatoms. The number of ketones is 1. The van der Waals surface area contributed by atoms with E-state index < -0.39 is 41.2 Å². The van der Waals surface area contributed by atoms with Crippen LogP contribution in [-0.4, -0.2) is 28.3 Å². The van der Waals surface area contributed by atoms with Crippen molar-refractivity contribution in [2.24, 2.45) is 0 Å². The number of ether oxygens (including phenoxy) is 1. The van der Waals surface area contributed by atoms with Crippen molar-refractivity contribution in [1.82, 2.24) is 4.90 Å². The zero-order valence-corrected chi connectivity index (χ0v) is 26.0. The van der Waals surface area contributed by atoms with Crippen molar-refractivity contribution in [3.8, 4) is 6.07 Å². The largest absolute Gasteiger partial charge is 0.461 e. The van der Waals surface area contributed by atoms with Crippen molar-refractivity contribution in [2.45, 2.75) is 52.1 Å². The highest BCUT2D eigenvalue weighted by Crippen LogP contribution is 2.43. The third-order valence-electron chi connectivity index (χ3n) is 7.44. The van der Waals surface area contributed by atoms with Gasteiger partial charge in [-0.15, -0.1) is 0 Å². The highest BCUT2D eigenvalue weighted by Gasteiger charge is 2.43. The number of esters is 1. The fraction of sp³-hybridized carbons (Fsp3) is 0.222. The number of furan rings is 1. The van der Waals surface area contributed by atoms with Gasteiger partial charge in [0, 0.05) is 12.2 Å². The molecule has 1 aromatic heterocycles. The molecule has 5 rings (SSSR count). The molecule has 1 atom stereocenters. The second-order valence-electron chi connectivity index (χ2n) is 11.9. The molecule has 2 amide bonds. The number of hydrogen-bond acceptors (Lipinski definition) is 6. The number of alkyl halides is 3. The molecule has 0 fully saturated rings. The number of rotatable bonds is 7. The van der Waals surface area contributed by atoms with Gasteiger partial charge in [0.25, 0.3) is 0 Å². The minimum Gasteiger partial charge on any atom is -0.461 e. The molecule has 0 bridgehead atoms. The van der Waals surface area contributed by atoms with Crippen LogP contribution in [0.15, 0.2) is 107 Å². The van der Waals surface area contributed by atoms with Crippen molar-refractivity contribution in [3.05, 3.63) is 136 Å². The molecule has 47 heavy (non-hydrogen) atoms. The van der Waals surface area contributed by atoms with Gasteiger partial charge in [-0.05, 0) is 93.4 Å². The third kappa shape index (κ3) is 6.97. The van der Waals surface area contributed by atoms with Gasteiger partial charge in [0.05, 0.1) is 46.3 Å². The maximum Gasteiger partial charge on any atom is 0.416 e. The molecule has 0 saturated heterocycles. The van der Waals surface area contributed by atoms with Crippen LogP contribution in [0.4, 0.5) is 23.7 Å². The smallest absolute Gasteiger partial charge is 0.416 e. The molecule has 2 heterocycles. The van der Waals surface area contributed by atoms with E-state index in [2.05, 4.69) is 0 Å². The topological polar surface area (TPSA) is 104 Å². The average molecular weight is 642 g/mol. The fourth-order valence-electron chi connectivity index (χ4n) is 5.39. The Morgan fingerprint density at radius 1 is 0.957 bits per heavy atom. The Balaban J connectivity index is 1.71. The van der Waals surface area contributed by atoms with E-state index in [0.717, 1.165) is 17.0 Å². The lowest BCUT2D eigenvalue weighted by molar-refractivity contribution is -0.137. The Morgan fingerprint density at radius 3 is 2.28 bits per heavy atom. The minimum atomic E-state index is -4.69. The van der Waals surface area contributed by atoms with E-state index in [1.807, 2.05) is 6.07 Å². The van der Waals surface area contributed by atoms with Crippen LogP contribution in [0.2, 0.25) is 0 Å². The number of benzene rings is 3. The van der Waals surface area contributed by atoms with Crippen LogP contribution in [0.1, 0.15) is 76.9 Å². The Hall–Kier alpha value is -5.63. The number of carbonyl (C=O) groups is 3. The molecule has 0 saturated carbocycles. The van der Waals surface area contributed by atoms with Crippen LogP contribution in [0.5, 0.6) is 0 Å². The standard InChI is InChI=1S/C36H30F3N3O5/c1-22-30(32(43)29-12-7-17-46-29)31(25-15-13-23(20-40)14-16-25)41(21-24-8-5-9-26(18-24)33(44)47-35(2,3)4)34(45)42(22)28-11-6-10-27(19-28)36(37,38)39/h5-19,31H,21H2,1-4H3. The van der Waals surface area contributed by atoms with E-state index in [-0.39, 0.29) is 34.8 Å². The summed E-state index contributed by atoms with van der Waals surface area (Å²) in [6.07, 6.45) is -3.37. The summed E-state index contributed by atoms with van der Waals surface area (Å²) in [5, 5.41) is 9.40. The summed E-state index contributed by atoms with van der Waals surface area (Å²) in [5.41, 5.74) is -0.118. The second kappa shape index (κ2) is 12.6. The molecule has 3 aromatic carbocycles. The summed E-state index contributed by atoms with van der Waals surface area (Å²) in [6.45, 7) is 6.54. The molecule has 1 aliphatic heterocycles. The Labute approximate surface area is 269 Å². The first-order valence-corrected chi connectivity index (χ1v) is 14.6. The highest BCUT2D eigenvalue weighted by atomic mass is 19.4. The molecular weight excluding hydrogens is 611 g/mol. The van der Waals surface area contributed by atoms with E-state index in [0.29, 0.717) is 16.7 Å². The van der Waals surface area contributed by atoms with E-state index in [1.54, 1.807) is 69.3 Å². The van der Waals surface area contributed by atoms with E-state index in [1.165, 1.54) is 42.4 Å². The lowest BCUT2D eigenvalue weighted by Crippen LogP contribution is -2.50. The van der Waals surface area contributed by atoms with Crippen LogP contribution in [0.3, 0.4) is 0 Å². The lowest BCUT2D eigenvalue weighted by Gasteiger charge is -2.43. The lowest BCUT2D eigenvalue weighted by atomic mass is 9.88. The highest BCUT2D eigenvalue weighted by molar-refractivity contribution is 6.12. The van der Waals surface area contributed by atoms with Crippen LogP contribution < -0.4 is 4.90 Å². The first kappa shape index (κ1) is 32.8. The molecule has 4 aromatic rings. The summed E-state index contributed by atoms with van der Waals surface area (Å²) < 4.78 is 52.3. The SMILES string of the molecule is CC1=C(C(=O)c2ccco2)C(c2ccc(C#N)cc2)N(Cc2cccc(C(=O)OC(C)(C)C)c2)C(=O)N1c1cccc(C(F)(F)F)c1. The summed E-state index contributed by atoms with van der Waals surface area (Å²) in [7, 11) is 0. The Bertz CT molecular complexity index is 1900. The van der Waals surface area contributed by atoms with E-state index >= 15 is 0 Å². The fourth-order valence-corrected chi connectivity index (χ4v) is 5.39. The number of amides is 2. The maximum atomic E-state index is 14.5. The predicted octanol–water partition coefficient (Wildman–Crippen LogP) is 8.47. The molecule has 1 aliphatic rings. The third-order valence-corrected chi connectivity index (χ3v) is 7.44. The van der Waals surface area contributed by atoms with Crippen molar-refractivity contribution in [3.63, 3.8) is 0 Å². The van der Waals surface area contributed by atoms with E-state index in [4.69, 9.17) is 9.15 Å². The van der Waals surface area contributed by atoms with Gasteiger partial charge >= 0.3 is 18.2 Å². The van der Waals surface area contributed by atoms with Crippen molar-refractivity contribution in [2.75, 3.05) is 4.90 Å². The van der Waals surface area contributed by atoms with E-state index in [9.17, 15) is 32.8 Å². The van der Waals surface area contributed by atoms with Gasteiger partial charge in [-0.1, -0.05) is 30.3 Å².